The standard InChI is InChI=1S/C22H36O2/c1-14(23)19-8-9-20-18-7-6-15-13-21(2,24)11-4-5-16(15)17(18)10-12-22(19,20)3/h15-20,24H,4-13H2,1-3H3/t15-,16+,17-,18-,19-,20+,21+,22-/m1/s1. The van der Waals surface area contributed by atoms with Gasteiger partial charge in [-0.3, -0.25) is 4.79 Å². The van der Waals surface area contributed by atoms with Crippen LogP contribution in [0.2, 0.25) is 0 Å². The maximum absolute atomic E-state index is 12.2. The summed E-state index contributed by atoms with van der Waals surface area (Å²) in [5, 5.41) is 10.6. The molecule has 0 unspecified atom stereocenters. The van der Waals surface area contributed by atoms with Crippen LogP contribution in [0.1, 0.15) is 85.0 Å². The van der Waals surface area contributed by atoms with Crippen LogP contribution < -0.4 is 0 Å². The number of Topliss-reactive ketones (excluding diaryl/α,β-unsaturated/α-hetero) is 1. The Morgan fingerprint density at radius 1 is 0.917 bits per heavy atom. The Hall–Kier alpha value is -0.370. The van der Waals surface area contributed by atoms with Gasteiger partial charge in [-0.2, -0.15) is 0 Å². The molecule has 1 N–H and O–H groups in total. The topological polar surface area (TPSA) is 37.3 Å². The minimum Gasteiger partial charge on any atom is -0.390 e. The number of hydrogen-bond acceptors (Lipinski definition) is 2. The van der Waals surface area contributed by atoms with Gasteiger partial charge in [-0.1, -0.05) is 13.3 Å². The Morgan fingerprint density at radius 2 is 1.71 bits per heavy atom. The summed E-state index contributed by atoms with van der Waals surface area (Å²) >= 11 is 0. The molecule has 0 saturated heterocycles. The molecule has 136 valence electrons. The molecule has 0 heterocycles. The Bertz CT molecular complexity index is 510. The second kappa shape index (κ2) is 5.83. The molecule has 0 aromatic heterocycles. The molecule has 4 rings (SSSR count). The third-order valence-electron chi connectivity index (χ3n) is 8.96. The fraction of sp³-hybridized carbons (Fsp3) is 0.955. The minimum absolute atomic E-state index is 0.288. The van der Waals surface area contributed by atoms with Gasteiger partial charge < -0.3 is 5.11 Å². The van der Waals surface area contributed by atoms with E-state index < -0.39 is 5.60 Å². The summed E-state index contributed by atoms with van der Waals surface area (Å²) in [4.78, 5) is 12.2. The highest BCUT2D eigenvalue weighted by atomic mass is 16.3. The number of carbonyl (C=O) groups excluding carboxylic acids is 1. The third kappa shape index (κ3) is 2.59. The van der Waals surface area contributed by atoms with Crippen molar-refractivity contribution in [2.45, 2.75) is 90.6 Å². The lowest BCUT2D eigenvalue weighted by Gasteiger charge is -2.54. The molecular weight excluding hydrogens is 296 g/mol. The summed E-state index contributed by atoms with van der Waals surface area (Å²) in [6, 6.07) is 0. The molecule has 2 nitrogen and oxygen atoms in total. The van der Waals surface area contributed by atoms with Crippen molar-refractivity contribution in [2.24, 2.45) is 40.9 Å². The lowest BCUT2D eigenvalue weighted by molar-refractivity contribution is -0.128. The fourth-order valence-electron chi connectivity index (χ4n) is 7.99. The molecule has 4 fully saturated rings. The van der Waals surface area contributed by atoms with E-state index in [9.17, 15) is 9.90 Å². The van der Waals surface area contributed by atoms with E-state index in [0.717, 1.165) is 48.9 Å². The molecule has 4 aliphatic rings. The van der Waals surface area contributed by atoms with Crippen LogP contribution in [0.5, 0.6) is 0 Å². The second-order valence-electron chi connectivity index (χ2n) is 10.3. The predicted molar refractivity (Wildman–Crippen MR) is 96.5 cm³/mol. The maximum Gasteiger partial charge on any atom is 0.133 e. The van der Waals surface area contributed by atoms with Crippen LogP contribution in [-0.4, -0.2) is 16.5 Å². The number of rotatable bonds is 1. The zero-order valence-corrected chi connectivity index (χ0v) is 15.9. The highest BCUT2D eigenvalue weighted by molar-refractivity contribution is 5.79. The van der Waals surface area contributed by atoms with Crippen LogP contribution in [0.25, 0.3) is 0 Å². The highest BCUT2D eigenvalue weighted by Gasteiger charge is 2.57. The Morgan fingerprint density at radius 3 is 2.46 bits per heavy atom. The molecule has 8 atom stereocenters. The van der Waals surface area contributed by atoms with E-state index in [4.69, 9.17) is 0 Å². The van der Waals surface area contributed by atoms with Crippen molar-refractivity contribution >= 4 is 5.78 Å². The van der Waals surface area contributed by atoms with Gasteiger partial charge in [-0.05, 0) is 107 Å². The molecule has 0 aromatic rings. The first kappa shape index (κ1) is 17.1. The monoisotopic (exact) mass is 332 g/mol. The predicted octanol–water partition coefficient (Wildman–Crippen LogP) is 4.99. The summed E-state index contributed by atoms with van der Waals surface area (Å²) in [5.41, 5.74) is -0.140. The SMILES string of the molecule is CC(=O)[C@H]1CC[C@H]2[C@@H]3CC[C@@H]4C[C@@](C)(O)CCC[C@@H]4[C@H]3CC[C@]12C. The Labute approximate surface area is 147 Å². The normalized spacial score (nSPS) is 54.3. The molecule has 0 aromatic carbocycles. The molecule has 24 heavy (non-hydrogen) atoms. The van der Waals surface area contributed by atoms with Gasteiger partial charge in [-0.15, -0.1) is 0 Å². The van der Waals surface area contributed by atoms with Crippen LogP contribution in [-0.2, 0) is 4.79 Å². The van der Waals surface area contributed by atoms with Crippen molar-refractivity contribution in [2.75, 3.05) is 0 Å². The smallest absolute Gasteiger partial charge is 0.133 e. The lowest BCUT2D eigenvalue weighted by atomic mass is 9.50. The first-order chi connectivity index (χ1) is 11.3. The van der Waals surface area contributed by atoms with E-state index in [0.29, 0.717) is 11.7 Å². The van der Waals surface area contributed by atoms with Gasteiger partial charge in [0.15, 0.2) is 0 Å². The summed E-state index contributed by atoms with van der Waals surface area (Å²) < 4.78 is 0. The number of hydrogen-bond donors (Lipinski definition) is 1. The van der Waals surface area contributed by atoms with Gasteiger partial charge >= 0.3 is 0 Å². The number of fused-ring (bicyclic) bond motifs is 5. The zero-order valence-electron chi connectivity index (χ0n) is 15.9. The first-order valence-electron chi connectivity index (χ1n) is 10.5. The Balaban J connectivity index is 1.57. The van der Waals surface area contributed by atoms with Crippen molar-refractivity contribution in [3.05, 3.63) is 0 Å². The molecule has 0 amide bonds. The highest BCUT2D eigenvalue weighted by Crippen LogP contribution is 2.64. The number of aliphatic hydroxyl groups is 1. The van der Waals surface area contributed by atoms with Crippen molar-refractivity contribution in [1.82, 2.24) is 0 Å². The summed E-state index contributed by atoms with van der Waals surface area (Å²) in [6.45, 7) is 6.33. The van der Waals surface area contributed by atoms with E-state index in [1.807, 2.05) is 6.92 Å². The van der Waals surface area contributed by atoms with Gasteiger partial charge in [0.25, 0.3) is 0 Å². The van der Waals surface area contributed by atoms with Crippen LogP contribution in [0.15, 0.2) is 0 Å². The molecule has 0 spiro atoms. The van der Waals surface area contributed by atoms with Gasteiger partial charge in [0.05, 0.1) is 5.60 Å². The second-order valence-corrected chi connectivity index (χ2v) is 10.3. The van der Waals surface area contributed by atoms with E-state index >= 15 is 0 Å². The van der Waals surface area contributed by atoms with E-state index in [-0.39, 0.29) is 5.41 Å². The third-order valence-corrected chi connectivity index (χ3v) is 8.96. The first-order valence-corrected chi connectivity index (χ1v) is 10.5. The van der Waals surface area contributed by atoms with Crippen LogP contribution in [0, 0.1) is 40.9 Å². The van der Waals surface area contributed by atoms with Crippen LogP contribution in [0.3, 0.4) is 0 Å². The average Bonchev–Trinajstić information content (AvgIpc) is 2.77. The van der Waals surface area contributed by atoms with Crippen molar-refractivity contribution in [3.63, 3.8) is 0 Å². The average molecular weight is 333 g/mol. The van der Waals surface area contributed by atoms with Gasteiger partial charge in [0.1, 0.15) is 5.78 Å². The molecule has 0 bridgehead atoms. The van der Waals surface area contributed by atoms with Crippen molar-refractivity contribution in [1.29, 1.82) is 0 Å². The summed E-state index contributed by atoms with van der Waals surface area (Å²) in [5.74, 6) is 4.89. The minimum atomic E-state index is -0.428. The zero-order chi connectivity index (χ0) is 17.1. The van der Waals surface area contributed by atoms with Gasteiger partial charge in [0, 0.05) is 5.92 Å². The van der Waals surface area contributed by atoms with Gasteiger partial charge in [-0.25, -0.2) is 0 Å². The molecule has 0 aliphatic heterocycles. The molecule has 2 heteroatoms. The number of carbonyl (C=O) groups is 1. The molecule has 4 aliphatic carbocycles. The fourth-order valence-corrected chi connectivity index (χ4v) is 7.99. The van der Waals surface area contributed by atoms with E-state index in [1.165, 1.54) is 44.9 Å². The Kier molecular flexibility index (Phi) is 4.14. The number of ketones is 1. The largest absolute Gasteiger partial charge is 0.390 e. The van der Waals surface area contributed by atoms with Crippen molar-refractivity contribution in [3.8, 4) is 0 Å². The van der Waals surface area contributed by atoms with Crippen LogP contribution >= 0.6 is 0 Å². The summed E-state index contributed by atoms with van der Waals surface area (Å²) in [7, 11) is 0. The molecule has 4 saturated carbocycles. The quantitative estimate of drug-likeness (QED) is 0.735. The van der Waals surface area contributed by atoms with E-state index in [1.54, 1.807) is 0 Å². The molecular formula is C22H36O2. The van der Waals surface area contributed by atoms with E-state index in [2.05, 4.69) is 13.8 Å². The molecule has 0 radical (unpaired) electrons. The van der Waals surface area contributed by atoms with Crippen molar-refractivity contribution < 1.29 is 9.90 Å². The van der Waals surface area contributed by atoms with Gasteiger partial charge in [0.2, 0.25) is 0 Å². The maximum atomic E-state index is 12.2. The summed E-state index contributed by atoms with van der Waals surface area (Å²) in [6.07, 6.45) is 12.3. The lowest BCUT2D eigenvalue weighted by Crippen LogP contribution is -2.48. The van der Waals surface area contributed by atoms with Crippen LogP contribution in [0.4, 0.5) is 0 Å².